The second-order valence-corrected chi connectivity index (χ2v) is 5.36. The summed E-state index contributed by atoms with van der Waals surface area (Å²) in [6, 6.07) is 4.75. The zero-order chi connectivity index (χ0) is 13.6. The maximum atomic E-state index is 11.5. The molecule has 1 aromatic carbocycles. The number of fused-ring (bicyclic) bond motifs is 2. The molecule has 1 aromatic rings. The fraction of sp³-hybridized carbons (Fsp3) is 0.333. The van der Waals surface area contributed by atoms with Crippen LogP contribution < -0.4 is 0 Å². The molecule has 2 N–H and O–H groups in total. The Morgan fingerprint density at radius 1 is 1.21 bits per heavy atom. The molecule has 2 atom stereocenters. The predicted molar refractivity (Wildman–Crippen MR) is 68.5 cm³/mol. The third-order valence-corrected chi connectivity index (χ3v) is 4.32. The molecule has 2 aliphatic carbocycles. The quantitative estimate of drug-likeness (QED) is 0.817. The van der Waals surface area contributed by atoms with Crippen molar-refractivity contribution in [2.45, 2.75) is 24.7 Å². The minimum absolute atomic E-state index is 0.0535. The first-order valence-corrected chi connectivity index (χ1v) is 6.33. The molecule has 1 fully saturated rings. The number of hydrogen-bond acceptors (Lipinski definition) is 2. The van der Waals surface area contributed by atoms with Gasteiger partial charge in [-0.1, -0.05) is 24.3 Å². The minimum atomic E-state index is -1.19. The van der Waals surface area contributed by atoms with Gasteiger partial charge in [-0.2, -0.15) is 0 Å². The van der Waals surface area contributed by atoms with Crippen molar-refractivity contribution < 1.29 is 19.8 Å². The lowest BCUT2D eigenvalue weighted by atomic mass is 9.77. The molecular formula is C15H14O4. The lowest BCUT2D eigenvalue weighted by Gasteiger charge is -2.26. The van der Waals surface area contributed by atoms with Crippen LogP contribution in [0, 0.1) is 5.92 Å². The number of carboxylic acid groups (broad SMARTS) is 2. The van der Waals surface area contributed by atoms with Crippen LogP contribution in [0.25, 0.3) is 0 Å². The van der Waals surface area contributed by atoms with Crippen LogP contribution in [-0.2, 0) is 5.41 Å². The molecule has 2 bridgehead atoms. The number of rotatable bonds is 3. The smallest absolute Gasteiger partial charge is 0.336 e. The minimum Gasteiger partial charge on any atom is -0.478 e. The van der Waals surface area contributed by atoms with Crippen molar-refractivity contribution >= 4 is 11.9 Å². The molecule has 0 amide bonds. The Bertz CT molecular complexity index is 602. The summed E-state index contributed by atoms with van der Waals surface area (Å²) < 4.78 is 0. The fourth-order valence-electron chi connectivity index (χ4n) is 3.46. The van der Waals surface area contributed by atoms with Gasteiger partial charge < -0.3 is 10.2 Å². The fourth-order valence-corrected chi connectivity index (χ4v) is 3.46. The van der Waals surface area contributed by atoms with Crippen molar-refractivity contribution in [2.24, 2.45) is 5.92 Å². The van der Waals surface area contributed by atoms with E-state index in [9.17, 15) is 14.7 Å². The van der Waals surface area contributed by atoms with Crippen LogP contribution in [0.5, 0.6) is 0 Å². The normalized spacial score (nSPS) is 27.7. The molecule has 3 rings (SSSR count). The molecule has 2 unspecified atom stereocenters. The van der Waals surface area contributed by atoms with E-state index in [1.54, 1.807) is 12.1 Å². The molecule has 0 radical (unpaired) electrons. The molecule has 98 valence electrons. The van der Waals surface area contributed by atoms with Gasteiger partial charge in [0.25, 0.3) is 0 Å². The Hall–Kier alpha value is -2.10. The van der Waals surface area contributed by atoms with E-state index in [0.717, 1.165) is 19.3 Å². The Labute approximate surface area is 110 Å². The molecule has 0 aromatic heterocycles. The highest BCUT2D eigenvalue weighted by Crippen LogP contribution is 2.51. The molecule has 0 heterocycles. The molecular weight excluding hydrogens is 244 g/mol. The molecule has 19 heavy (non-hydrogen) atoms. The first-order valence-electron chi connectivity index (χ1n) is 6.33. The van der Waals surface area contributed by atoms with Gasteiger partial charge in [-0.15, -0.1) is 0 Å². The second kappa shape index (κ2) is 3.95. The Kier molecular flexibility index (Phi) is 2.49. The Morgan fingerprint density at radius 3 is 2.47 bits per heavy atom. The van der Waals surface area contributed by atoms with Crippen LogP contribution in [0.15, 0.2) is 30.4 Å². The summed E-state index contributed by atoms with van der Waals surface area (Å²) in [5, 5.41) is 18.6. The summed E-state index contributed by atoms with van der Waals surface area (Å²) in [6.07, 6.45) is 7.04. The average molecular weight is 258 g/mol. The van der Waals surface area contributed by atoms with Gasteiger partial charge in [-0.05, 0) is 36.8 Å². The van der Waals surface area contributed by atoms with E-state index in [4.69, 9.17) is 5.11 Å². The summed E-state index contributed by atoms with van der Waals surface area (Å²) in [4.78, 5) is 22.7. The number of carboxylic acids is 2. The van der Waals surface area contributed by atoms with Gasteiger partial charge in [0.2, 0.25) is 0 Å². The second-order valence-electron chi connectivity index (χ2n) is 5.36. The molecule has 1 saturated carbocycles. The van der Waals surface area contributed by atoms with Gasteiger partial charge in [0, 0.05) is 5.41 Å². The largest absolute Gasteiger partial charge is 0.478 e. The summed E-state index contributed by atoms with van der Waals surface area (Å²) in [6.45, 7) is 0. The van der Waals surface area contributed by atoms with Gasteiger partial charge in [0.15, 0.2) is 0 Å². The number of carbonyl (C=O) groups is 2. The Morgan fingerprint density at radius 2 is 2.00 bits per heavy atom. The van der Waals surface area contributed by atoms with E-state index in [1.807, 2.05) is 0 Å². The van der Waals surface area contributed by atoms with Crippen LogP contribution in [-0.4, -0.2) is 22.2 Å². The summed E-state index contributed by atoms with van der Waals surface area (Å²) in [5.41, 5.74) is 0.200. The predicted octanol–water partition coefficient (Wildman–Crippen LogP) is 2.69. The first kappa shape index (κ1) is 12.0. The van der Waals surface area contributed by atoms with Crippen LogP contribution >= 0.6 is 0 Å². The third-order valence-electron chi connectivity index (χ3n) is 4.32. The molecule has 2 aliphatic rings. The lowest BCUT2D eigenvalue weighted by Crippen LogP contribution is -2.23. The summed E-state index contributed by atoms with van der Waals surface area (Å²) in [7, 11) is 0. The number of hydrogen-bond donors (Lipinski definition) is 2. The number of allylic oxidation sites excluding steroid dienone is 2. The highest BCUT2D eigenvalue weighted by Gasteiger charge is 2.44. The van der Waals surface area contributed by atoms with Gasteiger partial charge in [-0.3, -0.25) is 0 Å². The van der Waals surface area contributed by atoms with Crippen molar-refractivity contribution in [3.05, 3.63) is 47.0 Å². The van der Waals surface area contributed by atoms with Crippen LogP contribution in [0.4, 0.5) is 0 Å². The van der Waals surface area contributed by atoms with Crippen molar-refractivity contribution in [1.29, 1.82) is 0 Å². The number of benzene rings is 1. The zero-order valence-electron chi connectivity index (χ0n) is 10.3. The monoisotopic (exact) mass is 258 g/mol. The average Bonchev–Trinajstić information content (AvgIpc) is 2.99. The lowest BCUT2D eigenvalue weighted by molar-refractivity contribution is 0.0649. The maximum absolute atomic E-state index is 11.5. The molecule has 4 heteroatoms. The van der Waals surface area contributed by atoms with E-state index < -0.39 is 11.9 Å². The van der Waals surface area contributed by atoms with Crippen molar-refractivity contribution in [2.75, 3.05) is 0 Å². The molecule has 4 nitrogen and oxygen atoms in total. The molecule has 0 aliphatic heterocycles. The van der Waals surface area contributed by atoms with Crippen molar-refractivity contribution in [3.63, 3.8) is 0 Å². The van der Waals surface area contributed by atoms with Crippen molar-refractivity contribution in [3.8, 4) is 0 Å². The Balaban J connectivity index is 2.22. The molecule has 0 spiro atoms. The van der Waals surface area contributed by atoms with E-state index in [0.29, 0.717) is 11.5 Å². The highest BCUT2D eigenvalue weighted by molar-refractivity contribution is 6.03. The van der Waals surface area contributed by atoms with E-state index in [1.165, 1.54) is 6.07 Å². The topological polar surface area (TPSA) is 74.6 Å². The highest BCUT2D eigenvalue weighted by atomic mass is 16.4. The van der Waals surface area contributed by atoms with Crippen molar-refractivity contribution in [1.82, 2.24) is 0 Å². The van der Waals surface area contributed by atoms with E-state index in [2.05, 4.69) is 12.2 Å². The van der Waals surface area contributed by atoms with Crippen LogP contribution in [0.3, 0.4) is 0 Å². The van der Waals surface area contributed by atoms with Gasteiger partial charge >= 0.3 is 11.9 Å². The summed E-state index contributed by atoms with van der Waals surface area (Å²) >= 11 is 0. The van der Waals surface area contributed by atoms with Gasteiger partial charge in [-0.25, -0.2) is 9.59 Å². The van der Waals surface area contributed by atoms with Crippen LogP contribution in [0.1, 0.15) is 45.5 Å². The van der Waals surface area contributed by atoms with Crippen LogP contribution in [0.2, 0.25) is 0 Å². The molecule has 0 saturated heterocycles. The third kappa shape index (κ3) is 1.67. The number of aromatic carboxylic acids is 2. The SMILES string of the molecule is O=C(O)c1cccc(C23C=CC(CC2)C3)c1C(=O)O. The first-order chi connectivity index (χ1) is 9.03. The maximum Gasteiger partial charge on any atom is 0.336 e. The van der Waals surface area contributed by atoms with E-state index >= 15 is 0 Å². The van der Waals surface area contributed by atoms with Gasteiger partial charge in [0.1, 0.15) is 0 Å². The standard InChI is InChI=1S/C15H14O4/c16-13(17)10-2-1-3-11(12(10)14(18)19)15-6-4-9(8-15)5-7-15/h1-4,6,9H,5,7-8H2,(H,16,17)(H,18,19). The summed E-state index contributed by atoms with van der Waals surface area (Å²) in [5.74, 6) is -1.84. The van der Waals surface area contributed by atoms with Gasteiger partial charge in [0.05, 0.1) is 11.1 Å². The van der Waals surface area contributed by atoms with E-state index in [-0.39, 0.29) is 16.5 Å². The zero-order valence-corrected chi connectivity index (χ0v) is 10.3.